The van der Waals surface area contributed by atoms with Crippen molar-refractivity contribution in [3.8, 4) is 11.8 Å². The SMILES string of the molecule is C=C1/C(=C\C=C2/CCC[C@]3(C)[C@@H]([C@@H](C)CC#CC4(C)CO4)CC[C@@H]23)C[C@@H](O)C[C@@H]1O. The third-order valence-corrected chi connectivity index (χ3v) is 8.34. The van der Waals surface area contributed by atoms with Crippen LogP contribution in [0.3, 0.4) is 0 Å². The molecule has 1 unspecified atom stereocenters. The second-order valence-corrected chi connectivity index (χ2v) is 10.7. The van der Waals surface area contributed by atoms with Gasteiger partial charge in [-0.2, -0.15) is 0 Å². The highest BCUT2D eigenvalue weighted by Gasteiger charge is 2.50. The molecule has 0 aromatic carbocycles. The van der Waals surface area contributed by atoms with E-state index in [0.29, 0.717) is 30.1 Å². The van der Waals surface area contributed by atoms with Crippen LogP contribution in [-0.2, 0) is 4.74 Å². The first kappa shape index (κ1) is 21.9. The van der Waals surface area contributed by atoms with E-state index in [1.807, 2.05) is 0 Å². The van der Waals surface area contributed by atoms with Crippen molar-refractivity contribution in [2.75, 3.05) is 6.61 Å². The van der Waals surface area contributed by atoms with Gasteiger partial charge >= 0.3 is 0 Å². The van der Waals surface area contributed by atoms with E-state index in [-0.39, 0.29) is 5.60 Å². The zero-order chi connectivity index (χ0) is 21.5. The molecule has 3 aliphatic carbocycles. The molecule has 4 aliphatic rings. The maximum absolute atomic E-state index is 10.1. The fourth-order valence-electron chi connectivity index (χ4n) is 6.40. The van der Waals surface area contributed by atoms with Crippen LogP contribution in [0.5, 0.6) is 0 Å². The molecular weight excluding hydrogens is 372 g/mol. The molecule has 0 bridgehead atoms. The van der Waals surface area contributed by atoms with Gasteiger partial charge in [0.2, 0.25) is 0 Å². The molecule has 3 nitrogen and oxygen atoms in total. The van der Waals surface area contributed by atoms with Gasteiger partial charge in [-0.3, -0.25) is 0 Å². The Morgan fingerprint density at radius 1 is 1.27 bits per heavy atom. The topological polar surface area (TPSA) is 53.0 Å². The average Bonchev–Trinajstić information content (AvgIpc) is 3.30. The number of fused-ring (bicyclic) bond motifs is 1. The molecule has 1 aliphatic heterocycles. The molecule has 4 rings (SSSR count). The number of rotatable bonds is 3. The summed E-state index contributed by atoms with van der Waals surface area (Å²) >= 11 is 0. The minimum absolute atomic E-state index is 0.166. The predicted octanol–water partition coefficient (Wildman–Crippen LogP) is 4.95. The number of epoxide rings is 1. The van der Waals surface area contributed by atoms with Gasteiger partial charge in [0.05, 0.1) is 18.8 Å². The molecule has 164 valence electrons. The van der Waals surface area contributed by atoms with Crippen molar-refractivity contribution in [3.63, 3.8) is 0 Å². The molecule has 1 saturated heterocycles. The third-order valence-electron chi connectivity index (χ3n) is 8.34. The zero-order valence-corrected chi connectivity index (χ0v) is 18.9. The van der Waals surface area contributed by atoms with Gasteiger partial charge in [0.15, 0.2) is 0 Å². The van der Waals surface area contributed by atoms with Crippen LogP contribution in [0.1, 0.15) is 72.1 Å². The lowest BCUT2D eigenvalue weighted by atomic mass is 9.61. The van der Waals surface area contributed by atoms with E-state index in [1.165, 1.54) is 25.7 Å². The van der Waals surface area contributed by atoms with Crippen molar-refractivity contribution in [1.82, 2.24) is 0 Å². The largest absolute Gasteiger partial charge is 0.393 e. The highest BCUT2D eigenvalue weighted by molar-refractivity contribution is 5.38. The summed E-state index contributed by atoms with van der Waals surface area (Å²) in [6, 6.07) is 0. The molecule has 0 aromatic heterocycles. The second-order valence-electron chi connectivity index (χ2n) is 10.7. The van der Waals surface area contributed by atoms with Crippen molar-refractivity contribution >= 4 is 0 Å². The molecule has 3 heteroatoms. The quantitative estimate of drug-likeness (QED) is 0.511. The second kappa shape index (κ2) is 8.30. The molecule has 3 saturated carbocycles. The van der Waals surface area contributed by atoms with Crippen LogP contribution in [0.15, 0.2) is 35.5 Å². The van der Waals surface area contributed by atoms with Crippen LogP contribution in [0.4, 0.5) is 0 Å². The van der Waals surface area contributed by atoms with Gasteiger partial charge in [0, 0.05) is 12.8 Å². The highest BCUT2D eigenvalue weighted by atomic mass is 16.6. The lowest BCUT2D eigenvalue weighted by molar-refractivity contribution is 0.0862. The monoisotopic (exact) mass is 410 g/mol. The number of hydrogen-bond donors (Lipinski definition) is 2. The Bertz CT molecular complexity index is 806. The summed E-state index contributed by atoms with van der Waals surface area (Å²) < 4.78 is 5.40. The summed E-state index contributed by atoms with van der Waals surface area (Å²) in [5.74, 6) is 8.68. The first-order valence-corrected chi connectivity index (χ1v) is 11.8. The van der Waals surface area contributed by atoms with E-state index in [2.05, 4.69) is 51.3 Å². The van der Waals surface area contributed by atoms with Gasteiger partial charge in [-0.1, -0.05) is 50.0 Å². The lowest BCUT2D eigenvalue weighted by Gasteiger charge is -2.44. The van der Waals surface area contributed by atoms with Crippen LogP contribution in [0.2, 0.25) is 0 Å². The molecule has 1 heterocycles. The summed E-state index contributed by atoms with van der Waals surface area (Å²) in [5, 5.41) is 20.2. The summed E-state index contributed by atoms with van der Waals surface area (Å²) in [5.41, 5.74) is 3.53. The summed E-state index contributed by atoms with van der Waals surface area (Å²) in [6.45, 7) is 11.8. The molecule has 7 atom stereocenters. The van der Waals surface area contributed by atoms with Crippen molar-refractivity contribution in [2.24, 2.45) is 23.2 Å². The fourth-order valence-corrected chi connectivity index (χ4v) is 6.40. The number of hydrogen-bond acceptors (Lipinski definition) is 3. The molecule has 0 spiro atoms. The molecule has 4 fully saturated rings. The van der Waals surface area contributed by atoms with Crippen molar-refractivity contribution in [3.05, 3.63) is 35.5 Å². The van der Waals surface area contributed by atoms with Crippen molar-refractivity contribution in [2.45, 2.75) is 89.9 Å². The van der Waals surface area contributed by atoms with Crippen LogP contribution in [-0.4, -0.2) is 34.6 Å². The molecular formula is C27H38O3. The fraction of sp³-hybridized carbons (Fsp3) is 0.704. The maximum atomic E-state index is 10.1. The van der Waals surface area contributed by atoms with Gasteiger partial charge < -0.3 is 14.9 Å². The van der Waals surface area contributed by atoms with Crippen LogP contribution in [0.25, 0.3) is 0 Å². The van der Waals surface area contributed by atoms with Gasteiger partial charge in [0.25, 0.3) is 0 Å². The van der Waals surface area contributed by atoms with E-state index >= 15 is 0 Å². The molecule has 0 amide bonds. The highest BCUT2D eigenvalue weighted by Crippen LogP contribution is 2.59. The molecule has 0 aromatic rings. The Labute approximate surface area is 182 Å². The zero-order valence-electron chi connectivity index (χ0n) is 18.9. The smallest absolute Gasteiger partial charge is 0.149 e. The number of ether oxygens (including phenoxy) is 1. The first-order chi connectivity index (χ1) is 14.2. The minimum Gasteiger partial charge on any atom is -0.393 e. The Balaban J connectivity index is 1.48. The van der Waals surface area contributed by atoms with Crippen molar-refractivity contribution < 1.29 is 14.9 Å². The average molecular weight is 411 g/mol. The van der Waals surface area contributed by atoms with Gasteiger partial charge in [-0.15, -0.1) is 0 Å². The van der Waals surface area contributed by atoms with Gasteiger partial charge in [-0.25, -0.2) is 0 Å². The van der Waals surface area contributed by atoms with Crippen molar-refractivity contribution in [1.29, 1.82) is 0 Å². The molecule has 2 N–H and O–H groups in total. The van der Waals surface area contributed by atoms with Crippen LogP contribution >= 0.6 is 0 Å². The minimum atomic E-state index is -0.615. The van der Waals surface area contributed by atoms with E-state index in [1.54, 1.807) is 5.57 Å². The molecule has 30 heavy (non-hydrogen) atoms. The molecule has 0 radical (unpaired) electrons. The Hall–Kier alpha value is -1.34. The summed E-state index contributed by atoms with van der Waals surface area (Å²) in [4.78, 5) is 0. The normalized spacial score (nSPS) is 44.5. The Morgan fingerprint density at radius 2 is 2.03 bits per heavy atom. The number of aliphatic hydroxyl groups excluding tert-OH is 2. The van der Waals surface area contributed by atoms with E-state index < -0.39 is 12.2 Å². The van der Waals surface area contributed by atoms with E-state index in [9.17, 15) is 10.2 Å². The van der Waals surface area contributed by atoms with E-state index in [0.717, 1.165) is 36.5 Å². The van der Waals surface area contributed by atoms with Gasteiger partial charge in [-0.05, 0) is 79.8 Å². The summed E-state index contributed by atoms with van der Waals surface area (Å²) in [7, 11) is 0. The summed E-state index contributed by atoms with van der Waals surface area (Å²) in [6.07, 6.45) is 11.6. The van der Waals surface area contributed by atoms with E-state index in [4.69, 9.17) is 4.74 Å². The van der Waals surface area contributed by atoms with Gasteiger partial charge in [0.1, 0.15) is 5.60 Å². The first-order valence-electron chi connectivity index (χ1n) is 11.8. The number of allylic oxidation sites excluding steroid dienone is 3. The standard InChI is InChI=1S/C27H38O3/c1-18(7-5-13-26(3)17-30-26)23-11-12-24-20(8-6-14-27(23,24)4)9-10-21-15-22(28)16-25(29)19(21)2/h9-10,18,22-25,28-29H,2,6-8,11-12,14-17H2,1,3-4H3/b20-9+,21-10-/t18-,22+,23+,24-,25-,26?,27+/m0/s1. The van der Waals surface area contributed by atoms with Crippen LogP contribution in [0, 0.1) is 35.0 Å². The number of aliphatic hydroxyl groups is 2. The third kappa shape index (κ3) is 4.33. The Morgan fingerprint density at radius 3 is 2.77 bits per heavy atom. The van der Waals surface area contributed by atoms with Crippen LogP contribution < -0.4 is 0 Å². The lowest BCUT2D eigenvalue weighted by Crippen LogP contribution is -2.35. The predicted molar refractivity (Wildman–Crippen MR) is 121 cm³/mol. The maximum Gasteiger partial charge on any atom is 0.149 e. The Kier molecular flexibility index (Phi) is 6.05.